The third-order valence-corrected chi connectivity index (χ3v) is 3.53. The Balaban J connectivity index is 1.93. The number of non-ortho nitro benzene ring substituents is 1. The van der Waals surface area contributed by atoms with Crippen molar-refractivity contribution in [1.82, 2.24) is 5.32 Å². The molecule has 2 aromatic rings. The van der Waals surface area contributed by atoms with Gasteiger partial charge >= 0.3 is 0 Å². The Morgan fingerprint density at radius 3 is 2.54 bits per heavy atom. The van der Waals surface area contributed by atoms with Crippen molar-refractivity contribution in [2.75, 3.05) is 13.7 Å². The maximum atomic E-state index is 11.9. The van der Waals surface area contributed by atoms with Crippen LogP contribution in [0.3, 0.4) is 0 Å². The molecule has 0 saturated heterocycles. The van der Waals surface area contributed by atoms with E-state index in [1.807, 2.05) is 13.0 Å². The molecule has 7 nitrogen and oxygen atoms in total. The molecule has 2 aromatic carbocycles. The minimum atomic E-state index is -0.462. The van der Waals surface area contributed by atoms with Gasteiger partial charge in [0.1, 0.15) is 0 Å². The zero-order valence-corrected chi connectivity index (χ0v) is 14.6. The van der Waals surface area contributed by atoms with Crippen molar-refractivity contribution >= 4 is 17.7 Å². The van der Waals surface area contributed by atoms with Crippen LogP contribution < -0.4 is 14.8 Å². The molecule has 7 heteroatoms. The number of rotatable bonds is 8. The van der Waals surface area contributed by atoms with E-state index in [2.05, 4.69) is 5.32 Å². The lowest BCUT2D eigenvalue weighted by Gasteiger charge is -2.09. The zero-order chi connectivity index (χ0) is 18.9. The molecule has 0 heterocycles. The Hall–Kier alpha value is -3.35. The number of amides is 1. The minimum absolute atomic E-state index is 0.0180. The Morgan fingerprint density at radius 2 is 1.92 bits per heavy atom. The summed E-state index contributed by atoms with van der Waals surface area (Å²) in [5.74, 6) is 0.978. The standard InChI is InChI=1S/C19H20N2O5/c1-3-26-17-10-6-14(12-18(17)25-2)7-11-19(22)20-13-15-4-8-16(9-5-15)21(23)24/h4-12H,3,13H2,1-2H3,(H,20,22). The van der Waals surface area contributed by atoms with Gasteiger partial charge in [0.15, 0.2) is 11.5 Å². The third kappa shape index (κ3) is 5.34. The first-order chi connectivity index (χ1) is 12.5. The number of nitrogens with zero attached hydrogens (tertiary/aromatic N) is 1. The number of carbonyl (C=O) groups is 1. The second-order valence-corrected chi connectivity index (χ2v) is 5.32. The minimum Gasteiger partial charge on any atom is -0.493 e. The van der Waals surface area contributed by atoms with Gasteiger partial charge < -0.3 is 14.8 Å². The highest BCUT2D eigenvalue weighted by Crippen LogP contribution is 2.28. The first-order valence-electron chi connectivity index (χ1n) is 8.03. The number of hydrogen-bond acceptors (Lipinski definition) is 5. The Morgan fingerprint density at radius 1 is 1.19 bits per heavy atom. The van der Waals surface area contributed by atoms with Crippen LogP contribution in [0.5, 0.6) is 11.5 Å². The van der Waals surface area contributed by atoms with Crippen molar-refractivity contribution in [1.29, 1.82) is 0 Å². The van der Waals surface area contributed by atoms with Crippen LogP contribution in [-0.2, 0) is 11.3 Å². The molecule has 0 bridgehead atoms. The van der Waals surface area contributed by atoms with Gasteiger partial charge in [-0.2, -0.15) is 0 Å². The van der Waals surface area contributed by atoms with Crippen LogP contribution >= 0.6 is 0 Å². The predicted octanol–water partition coefficient (Wildman–Crippen LogP) is 3.33. The van der Waals surface area contributed by atoms with Gasteiger partial charge in [-0.25, -0.2) is 0 Å². The summed E-state index contributed by atoms with van der Waals surface area (Å²) in [4.78, 5) is 22.1. The predicted molar refractivity (Wildman–Crippen MR) is 98.1 cm³/mol. The molecule has 26 heavy (non-hydrogen) atoms. The number of nitro benzene ring substituents is 1. The summed E-state index contributed by atoms with van der Waals surface area (Å²) < 4.78 is 10.7. The molecular formula is C19H20N2O5. The average molecular weight is 356 g/mol. The van der Waals surface area contributed by atoms with Crippen molar-refractivity contribution in [2.45, 2.75) is 13.5 Å². The van der Waals surface area contributed by atoms with Crippen LogP contribution in [0.1, 0.15) is 18.1 Å². The molecule has 0 spiro atoms. The van der Waals surface area contributed by atoms with Gasteiger partial charge in [0.05, 0.1) is 18.6 Å². The third-order valence-electron chi connectivity index (χ3n) is 3.53. The van der Waals surface area contributed by atoms with E-state index >= 15 is 0 Å². The van der Waals surface area contributed by atoms with Crippen molar-refractivity contribution in [3.05, 3.63) is 69.8 Å². The maximum absolute atomic E-state index is 11.9. The molecule has 0 aliphatic rings. The number of methoxy groups -OCH3 is 1. The first-order valence-corrected chi connectivity index (χ1v) is 8.03. The summed E-state index contributed by atoms with van der Waals surface area (Å²) in [7, 11) is 1.56. The number of ether oxygens (including phenoxy) is 2. The van der Waals surface area contributed by atoms with Gasteiger partial charge in [-0.05, 0) is 36.3 Å². The topological polar surface area (TPSA) is 90.7 Å². The van der Waals surface area contributed by atoms with Crippen molar-refractivity contribution in [3.63, 3.8) is 0 Å². The Kier molecular flexibility index (Phi) is 6.73. The number of nitrogens with one attached hydrogen (secondary N) is 1. The summed E-state index contributed by atoms with van der Waals surface area (Å²) in [6, 6.07) is 11.4. The van der Waals surface area contributed by atoms with E-state index in [1.54, 1.807) is 37.5 Å². The van der Waals surface area contributed by atoms with Crippen molar-refractivity contribution < 1.29 is 19.2 Å². The van der Waals surface area contributed by atoms with E-state index in [1.165, 1.54) is 18.2 Å². The fourth-order valence-electron chi connectivity index (χ4n) is 2.22. The monoisotopic (exact) mass is 356 g/mol. The fraction of sp³-hybridized carbons (Fsp3) is 0.211. The molecule has 0 atom stereocenters. The summed E-state index contributed by atoms with van der Waals surface area (Å²) in [5.41, 5.74) is 1.60. The van der Waals surface area contributed by atoms with Gasteiger partial charge in [0.2, 0.25) is 5.91 Å². The molecule has 1 amide bonds. The van der Waals surface area contributed by atoms with Gasteiger partial charge in [-0.15, -0.1) is 0 Å². The van der Waals surface area contributed by atoms with Crippen LogP contribution in [0.2, 0.25) is 0 Å². The van der Waals surface area contributed by atoms with Crippen molar-refractivity contribution in [3.8, 4) is 11.5 Å². The summed E-state index contributed by atoms with van der Waals surface area (Å²) in [6.45, 7) is 2.72. The summed E-state index contributed by atoms with van der Waals surface area (Å²) in [6.07, 6.45) is 3.09. The number of benzene rings is 2. The smallest absolute Gasteiger partial charge is 0.269 e. The highest BCUT2D eigenvalue weighted by atomic mass is 16.6. The van der Waals surface area contributed by atoms with E-state index in [4.69, 9.17) is 9.47 Å². The van der Waals surface area contributed by atoms with E-state index in [0.717, 1.165) is 11.1 Å². The van der Waals surface area contributed by atoms with Gasteiger partial charge in [0.25, 0.3) is 5.69 Å². The number of carbonyl (C=O) groups excluding carboxylic acids is 1. The molecule has 0 aromatic heterocycles. The van der Waals surface area contributed by atoms with E-state index in [0.29, 0.717) is 18.1 Å². The van der Waals surface area contributed by atoms with Crippen LogP contribution in [0.15, 0.2) is 48.5 Å². The largest absolute Gasteiger partial charge is 0.493 e. The lowest BCUT2D eigenvalue weighted by atomic mass is 10.2. The first kappa shape index (κ1) is 19.0. The lowest BCUT2D eigenvalue weighted by Crippen LogP contribution is -2.20. The Bertz CT molecular complexity index is 800. The molecule has 0 radical (unpaired) electrons. The fourth-order valence-corrected chi connectivity index (χ4v) is 2.22. The maximum Gasteiger partial charge on any atom is 0.269 e. The molecule has 0 unspecified atom stereocenters. The van der Waals surface area contributed by atoms with Crippen molar-refractivity contribution in [2.24, 2.45) is 0 Å². The van der Waals surface area contributed by atoms with E-state index < -0.39 is 4.92 Å². The molecule has 0 fully saturated rings. The van der Waals surface area contributed by atoms with Gasteiger partial charge in [-0.1, -0.05) is 18.2 Å². The normalized spacial score (nSPS) is 10.5. The van der Waals surface area contributed by atoms with E-state index in [-0.39, 0.29) is 18.1 Å². The van der Waals surface area contributed by atoms with Crippen LogP contribution in [0, 0.1) is 10.1 Å². The summed E-state index contributed by atoms with van der Waals surface area (Å²) in [5, 5.41) is 13.3. The second-order valence-electron chi connectivity index (χ2n) is 5.32. The van der Waals surface area contributed by atoms with Crippen LogP contribution in [-0.4, -0.2) is 24.5 Å². The SMILES string of the molecule is CCOc1ccc(C=CC(=O)NCc2ccc([N+](=O)[O-])cc2)cc1OC. The average Bonchev–Trinajstić information content (AvgIpc) is 2.66. The highest BCUT2D eigenvalue weighted by Gasteiger charge is 2.05. The molecule has 0 aliphatic carbocycles. The lowest BCUT2D eigenvalue weighted by molar-refractivity contribution is -0.384. The zero-order valence-electron chi connectivity index (χ0n) is 14.6. The quantitative estimate of drug-likeness (QED) is 0.445. The molecule has 0 aliphatic heterocycles. The van der Waals surface area contributed by atoms with Crippen LogP contribution in [0.25, 0.3) is 6.08 Å². The van der Waals surface area contributed by atoms with E-state index in [9.17, 15) is 14.9 Å². The molecule has 0 saturated carbocycles. The highest BCUT2D eigenvalue weighted by molar-refractivity contribution is 5.91. The molecule has 1 N–H and O–H groups in total. The number of nitro groups is 1. The molecule has 136 valence electrons. The number of hydrogen-bond donors (Lipinski definition) is 1. The summed E-state index contributed by atoms with van der Waals surface area (Å²) >= 11 is 0. The van der Waals surface area contributed by atoms with Crippen LogP contribution in [0.4, 0.5) is 5.69 Å². The molecular weight excluding hydrogens is 336 g/mol. The molecule has 2 rings (SSSR count). The van der Waals surface area contributed by atoms with Gasteiger partial charge in [-0.3, -0.25) is 14.9 Å². The second kappa shape index (κ2) is 9.22. The van der Waals surface area contributed by atoms with Gasteiger partial charge in [0, 0.05) is 24.8 Å². The Labute approximate surface area is 151 Å².